The van der Waals surface area contributed by atoms with E-state index in [9.17, 15) is 14.0 Å². The van der Waals surface area contributed by atoms with Crippen LogP contribution in [0.25, 0.3) is 0 Å². The van der Waals surface area contributed by atoms with Crippen molar-refractivity contribution in [1.82, 2.24) is 10.2 Å². The van der Waals surface area contributed by atoms with Crippen LogP contribution in [-0.2, 0) is 4.79 Å². The molecule has 114 valence electrons. The van der Waals surface area contributed by atoms with E-state index in [1.165, 1.54) is 17.0 Å². The molecule has 1 aromatic rings. The van der Waals surface area contributed by atoms with Gasteiger partial charge in [-0.1, -0.05) is 12.1 Å². The van der Waals surface area contributed by atoms with Gasteiger partial charge in [-0.2, -0.15) is 0 Å². The first-order chi connectivity index (χ1) is 9.95. The van der Waals surface area contributed by atoms with E-state index in [1.54, 1.807) is 19.2 Å². The highest BCUT2D eigenvalue weighted by molar-refractivity contribution is 5.75. The van der Waals surface area contributed by atoms with Crippen LogP contribution in [-0.4, -0.2) is 41.6 Å². The van der Waals surface area contributed by atoms with Crippen molar-refractivity contribution in [1.29, 1.82) is 0 Å². The second kappa shape index (κ2) is 6.56. The van der Waals surface area contributed by atoms with Gasteiger partial charge in [0.05, 0.1) is 6.42 Å². The molecule has 0 unspecified atom stereocenters. The molecule has 5 nitrogen and oxygen atoms in total. The number of carbonyl (C=O) groups is 2. The zero-order valence-corrected chi connectivity index (χ0v) is 11.9. The van der Waals surface area contributed by atoms with Gasteiger partial charge in [-0.05, 0) is 36.5 Å². The van der Waals surface area contributed by atoms with Crippen molar-refractivity contribution in [3.8, 4) is 0 Å². The largest absolute Gasteiger partial charge is 0.481 e. The van der Waals surface area contributed by atoms with Crippen LogP contribution in [0.5, 0.6) is 0 Å². The molecule has 6 heteroatoms. The molecule has 2 N–H and O–H groups in total. The lowest BCUT2D eigenvalue weighted by Crippen LogP contribution is -2.48. The first kappa shape index (κ1) is 15.3. The third kappa shape index (κ3) is 4.18. The summed E-state index contributed by atoms with van der Waals surface area (Å²) in [5.41, 5.74) is 1.08. The van der Waals surface area contributed by atoms with Crippen LogP contribution in [0.4, 0.5) is 9.18 Å². The summed E-state index contributed by atoms with van der Waals surface area (Å²) < 4.78 is 12.8. The number of rotatable bonds is 5. The monoisotopic (exact) mass is 294 g/mol. The van der Waals surface area contributed by atoms with Gasteiger partial charge >= 0.3 is 12.0 Å². The highest BCUT2D eigenvalue weighted by Crippen LogP contribution is 2.36. The Morgan fingerprint density at radius 2 is 1.95 bits per heavy atom. The molecule has 1 fully saturated rings. The molecule has 2 rings (SSSR count). The number of carboxylic acids is 1. The van der Waals surface area contributed by atoms with Crippen molar-refractivity contribution in [2.45, 2.75) is 31.2 Å². The van der Waals surface area contributed by atoms with Crippen LogP contribution in [0, 0.1) is 5.82 Å². The molecule has 21 heavy (non-hydrogen) atoms. The number of hydrogen-bond donors (Lipinski definition) is 2. The molecule has 0 bridgehead atoms. The van der Waals surface area contributed by atoms with Crippen molar-refractivity contribution in [3.05, 3.63) is 35.6 Å². The van der Waals surface area contributed by atoms with Crippen molar-refractivity contribution in [3.63, 3.8) is 0 Å². The highest BCUT2D eigenvalue weighted by Gasteiger charge is 2.31. The summed E-state index contributed by atoms with van der Waals surface area (Å²) in [6.45, 7) is 0.190. The van der Waals surface area contributed by atoms with Crippen LogP contribution in [0.2, 0.25) is 0 Å². The number of nitrogens with one attached hydrogen (secondary N) is 1. The van der Waals surface area contributed by atoms with Crippen molar-refractivity contribution >= 4 is 12.0 Å². The second-order valence-corrected chi connectivity index (χ2v) is 5.43. The minimum absolute atomic E-state index is 0.0627. The van der Waals surface area contributed by atoms with Crippen molar-refractivity contribution in [2.24, 2.45) is 0 Å². The van der Waals surface area contributed by atoms with E-state index in [1.807, 2.05) is 0 Å². The molecule has 0 spiro atoms. The van der Waals surface area contributed by atoms with Gasteiger partial charge in [0.15, 0.2) is 0 Å². The standard InChI is InChI=1S/C15H19FN2O3/c1-18(7-6-14(19)20)15(21)17-13-8-11(9-13)10-2-4-12(16)5-3-10/h2-5,11,13H,6-9H2,1H3,(H,17,21)(H,19,20). The summed E-state index contributed by atoms with van der Waals surface area (Å²) in [6.07, 6.45) is 1.58. The first-order valence-corrected chi connectivity index (χ1v) is 6.94. The third-order valence-corrected chi connectivity index (χ3v) is 3.81. The number of hydrogen-bond acceptors (Lipinski definition) is 2. The molecule has 1 aliphatic carbocycles. The molecule has 0 heterocycles. The fourth-order valence-corrected chi connectivity index (χ4v) is 2.39. The SMILES string of the molecule is CN(CCC(=O)O)C(=O)NC1CC(c2ccc(F)cc2)C1. The summed E-state index contributed by atoms with van der Waals surface area (Å²) in [5.74, 6) is -0.821. The lowest BCUT2D eigenvalue weighted by molar-refractivity contribution is -0.137. The lowest BCUT2D eigenvalue weighted by Gasteiger charge is -2.37. The van der Waals surface area contributed by atoms with E-state index in [2.05, 4.69) is 5.32 Å². The molecular formula is C15H19FN2O3. The van der Waals surface area contributed by atoms with Gasteiger partial charge < -0.3 is 15.3 Å². The molecule has 1 aromatic carbocycles. The first-order valence-electron chi connectivity index (χ1n) is 6.94. The van der Waals surface area contributed by atoms with Gasteiger partial charge in [0.1, 0.15) is 5.82 Å². The molecule has 0 aromatic heterocycles. The number of amides is 2. The summed E-state index contributed by atoms with van der Waals surface area (Å²) in [6, 6.07) is 6.29. The summed E-state index contributed by atoms with van der Waals surface area (Å²) in [4.78, 5) is 23.6. The number of aliphatic carboxylic acids is 1. The summed E-state index contributed by atoms with van der Waals surface area (Å²) in [7, 11) is 1.58. The fourth-order valence-electron chi connectivity index (χ4n) is 2.39. The maximum atomic E-state index is 12.8. The molecule has 0 saturated heterocycles. The summed E-state index contributed by atoms with van der Waals surface area (Å²) >= 11 is 0. The molecular weight excluding hydrogens is 275 g/mol. The van der Waals surface area contributed by atoms with Crippen LogP contribution in [0.1, 0.15) is 30.7 Å². The molecule has 0 atom stereocenters. The Kier molecular flexibility index (Phi) is 4.77. The predicted octanol–water partition coefficient (Wildman–Crippen LogP) is 2.19. The maximum absolute atomic E-state index is 12.8. The van der Waals surface area contributed by atoms with Gasteiger partial charge in [-0.25, -0.2) is 9.18 Å². The number of halogens is 1. The van der Waals surface area contributed by atoms with Gasteiger partial charge in [0, 0.05) is 19.6 Å². The Bertz CT molecular complexity index is 512. The number of carbonyl (C=O) groups excluding carboxylic acids is 1. The van der Waals surface area contributed by atoms with Crippen molar-refractivity contribution < 1.29 is 19.1 Å². The highest BCUT2D eigenvalue weighted by atomic mass is 19.1. The van der Waals surface area contributed by atoms with Gasteiger partial charge in [0.2, 0.25) is 0 Å². The van der Waals surface area contributed by atoms with Gasteiger partial charge in [-0.15, -0.1) is 0 Å². The van der Waals surface area contributed by atoms with E-state index in [4.69, 9.17) is 5.11 Å². The third-order valence-electron chi connectivity index (χ3n) is 3.81. The zero-order chi connectivity index (χ0) is 15.4. The van der Waals surface area contributed by atoms with Gasteiger partial charge in [-0.3, -0.25) is 4.79 Å². The molecule has 0 aliphatic heterocycles. The quantitative estimate of drug-likeness (QED) is 0.874. The van der Waals surface area contributed by atoms with Crippen LogP contribution >= 0.6 is 0 Å². The summed E-state index contributed by atoms with van der Waals surface area (Å²) in [5, 5.41) is 11.4. The van der Waals surface area contributed by atoms with E-state index >= 15 is 0 Å². The number of benzene rings is 1. The van der Waals surface area contributed by atoms with Crippen LogP contribution < -0.4 is 5.32 Å². The van der Waals surface area contributed by atoms with E-state index in [-0.39, 0.29) is 30.9 Å². The molecule has 0 radical (unpaired) electrons. The minimum atomic E-state index is -0.922. The van der Waals surface area contributed by atoms with E-state index < -0.39 is 5.97 Å². The fraction of sp³-hybridized carbons (Fsp3) is 0.467. The number of nitrogens with zero attached hydrogens (tertiary/aromatic N) is 1. The average molecular weight is 294 g/mol. The zero-order valence-electron chi connectivity index (χ0n) is 11.9. The smallest absolute Gasteiger partial charge is 0.317 e. The van der Waals surface area contributed by atoms with E-state index in [0.717, 1.165) is 18.4 Å². The van der Waals surface area contributed by atoms with Crippen molar-refractivity contribution in [2.75, 3.05) is 13.6 Å². The van der Waals surface area contributed by atoms with Gasteiger partial charge in [0.25, 0.3) is 0 Å². The number of urea groups is 1. The lowest BCUT2D eigenvalue weighted by atomic mass is 9.76. The Labute approximate surface area is 122 Å². The average Bonchev–Trinajstić information content (AvgIpc) is 2.40. The second-order valence-electron chi connectivity index (χ2n) is 5.43. The Hall–Kier alpha value is -2.11. The Morgan fingerprint density at radius 3 is 2.52 bits per heavy atom. The normalized spacial score (nSPS) is 20.5. The minimum Gasteiger partial charge on any atom is -0.481 e. The molecule has 1 aliphatic rings. The predicted molar refractivity (Wildman–Crippen MR) is 75.6 cm³/mol. The Balaban J connectivity index is 1.73. The number of carboxylic acid groups (broad SMARTS) is 1. The maximum Gasteiger partial charge on any atom is 0.317 e. The molecule has 1 saturated carbocycles. The molecule has 2 amide bonds. The van der Waals surface area contributed by atoms with E-state index in [0.29, 0.717) is 5.92 Å². The topological polar surface area (TPSA) is 69.6 Å². The Morgan fingerprint density at radius 1 is 1.33 bits per heavy atom. The van der Waals surface area contributed by atoms with Crippen LogP contribution in [0.3, 0.4) is 0 Å². The van der Waals surface area contributed by atoms with Crippen LogP contribution in [0.15, 0.2) is 24.3 Å².